The first-order chi connectivity index (χ1) is 8.70. The largest absolute Gasteiger partial charge is 0.250 e. The van der Waals surface area contributed by atoms with E-state index in [4.69, 9.17) is 12.2 Å². The molecule has 0 unspecified atom stereocenters. The van der Waals surface area contributed by atoms with E-state index in [-0.39, 0.29) is 0 Å². The summed E-state index contributed by atoms with van der Waals surface area (Å²) in [5, 5.41) is 11.3. The van der Waals surface area contributed by atoms with Crippen LogP contribution in [-0.2, 0) is 6.42 Å². The summed E-state index contributed by atoms with van der Waals surface area (Å²) >= 11 is 8.58. The number of hydrogen-bond acceptors (Lipinski definition) is 3. The zero-order valence-corrected chi connectivity index (χ0v) is 12.3. The van der Waals surface area contributed by atoms with E-state index in [2.05, 4.69) is 38.2 Å². The molecule has 0 atom stereocenters. The fraction of sp³-hybridized carbons (Fsp3) is 0.250. The van der Waals surface area contributed by atoms with Crippen molar-refractivity contribution in [3.8, 4) is 0 Å². The van der Waals surface area contributed by atoms with Crippen molar-refractivity contribution >= 4 is 34.4 Å². The normalized spacial score (nSPS) is 11.2. The molecule has 6 heteroatoms. The molecular weight excluding hydrogens is 312 g/mol. The van der Waals surface area contributed by atoms with Crippen LogP contribution in [-0.4, -0.2) is 21.1 Å². The topological polar surface area (TPSA) is 46.0 Å². The third-order valence-corrected chi connectivity index (χ3v) is 3.12. The van der Waals surface area contributed by atoms with Crippen LogP contribution in [0.5, 0.6) is 0 Å². The van der Waals surface area contributed by atoms with Gasteiger partial charge in [-0.2, -0.15) is 14.9 Å². The quantitative estimate of drug-likeness (QED) is 0.690. The molecule has 1 heterocycles. The van der Waals surface area contributed by atoms with Crippen molar-refractivity contribution in [2.45, 2.75) is 19.8 Å². The molecule has 0 saturated heterocycles. The van der Waals surface area contributed by atoms with E-state index in [1.807, 2.05) is 24.3 Å². The van der Waals surface area contributed by atoms with Crippen LogP contribution in [0.15, 0.2) is 33.8 Å². The summed E-state index contributed by atoms with van der Waals surface area (Å²) < 4.78 is 3.21. The maximum Gasteiger partial charge on any atom is 0.216 e. The second-order valence-electron chi connectivity index (χ2n) is 3.81. The van der Waals surface area contributed by atoms with Crippen molar-refractivity contribution in [1.82, 2.24) is 14.9 Å². The molecule has 0 radical (unpaired) electrons. The minimum absolute atomic E-state index is 0.518. The Morgan fingerprint density at radius 1 is 1.56 bits per heavy atom. The first-order valence-electron chi connectivity index (χ1n) is 5.67. The smallest absolute Gasteiger partial charge is 0.216 e. The predicted octanol–water partition coefficient (Wildman–Crippen LogP) is 3.54. The highest BCUT2D eigenvalue weighted by atomic mass is 79.9. The van der Waals surface area contributed by atoms with Crippen molar-refractivity contribution in [2.75, 3.05) is 0 Å². The van der Waals surface area contributed by atoms with Gasteiger partial charge in [-0.05, 0) is 36.3 Å². The lowest BCUT2D eigenvalue weighted by atomic mass is 10.2. The van der Waals surface area contributed by atoms with E-state index in [0.717, 1.165) is 28.7 Å². The number of nitrogens with zero attached hydrogens (tertiary/aromatic N) is 3. The minimum Gasteiger partial charge on any atom is -0.250 e. The molecule has 0 fully saturated rings. The van der Waals surface area contributed by atoms with Gasteiger partial charge in [-0.3, -0.25) is 5.10 Å². The molecule has 1 aromatic carbocycles. The number of rotatable bonds is 4. The summed E-state index contributed by atoms with van der Waals surface area (Å²) in [5.74, 6) is 0.855. The number of hydrogen-bond donors (Lipinski definition) is 1. The molecule has 0 saturated carbocycles. The van der Waals surface area contributed by atoms with Crippen LogP contribution in [0.1, 0.15) is 24.7 Å². The van der Waals surface area contributed by atoms with E-state index >= 15 is 0 Å². The first-order valence-corrected chi connectivity index (χ1v) is 6.87. The number of aromatic nitrogens is 3. The summed E-state index contributed by atoms with van der Waals surface area (Å²) in [6.07, 6.45) is 3.63. The summed E-state index contributed by atoms with van der Waals surface area (Å²) in [6.45, 7) is 2.10. The zero-order valence-electron chi connectivity index (χ0n) is 9.93. The highest BCUT2D eigenvalue weighted by molar-refractivity contribution is 9.10. The van der Waals surface area contributed by atoms with Gasteiger partial charge in [-0.25, -0.2) is 0 Å². The van der Waals surface area contributed by atoms with E-state index in [1.165, 1.54) is 0 Å². The zero-order chi connectivity index (χ0) is 13.0. The molecule has 2 aromatic rings. The molecule has 4 nitrogen and oxygen atoms in total. The van der Waals surface area contributed by atoms with Gasteiger partial charge in [0.1, 0.15) is 0 Å². The summed E-state index contributed by atoms with van der Waals surface area (Å²) in [5.41, 5.74) is 1.01. The van der Waals surface area contributed by atoms with Crippen molar-refractivity contribution in [3.63, 3.8) is 0 Å². The summed E-state index contributed by atoms with van der Waals surface area (Å²) in [4.78, 5) is 0. The van der Waals surface area contributed by atoms with Gasteiger partial charge in [0.25, 0.3) is 0 Å². The number of benzene rings is 1. The van der Waals surface area contributed by atoms with Gasteiger partial charge in [-0.15, -0.1) is 0 Å². The molecule has 1 aromatic heterocycles. The summed E-state index contributed by atoms with van der Waals surface area (Å²) in [6, 6.07) is 7.92. The average molecular weight is 325 g/mol. The van der Waals surface area contributed by atoms with E-state index < -0.39 is 0 Å². The Bertz CT molecular complexity index is 615. The van der Waals surface area contributed by atoms with Crippen LogP contribution in [0.3, 0.4) is 0 Å². The maximum atomic E-state index is 5.15. The van der Waals surface area contributed by atoms with Gasteiger partial charge < -0.3 is 0 Å². The fourth-order valence-corrected chi connectivity index (χ4v) is 2.16. The Labute approximate surface area is 119 Å². The number of nitrogens with one attached hydrogen (secondary N) is 1. The van der Waals surface area contributed by atoms with Crippen LogP contribution in [0, 0.1) is 4.77 Å². The van der Waals surface area contributed by atoms with Gasteiger partial charge in [0.2, 0.25) is 4.77 Å². The molecule has 0 amide bonds. The highest BCUT2D eigenvalue weighted by Gasteiger charge is 2.02. The molecule has 94 valence electrons. The summed E-state index contributed by atoms with van der Waals surface area (Å²) in [7, 11) is 0. The molecule has 0 aliphatic carbocycles. The Hall–Kier alpha value is -1.27. The molecular formula is C12H13BrN4S. The van der Waals surface area contributed by atoms with Gasteiger partial charge >= 0.3 is 0 Å². The molecule has 0 spiro atoms. The highest BCUT2D eigenvalue weighted by Crippen LogP contribution is 2.10. The number of aryl methyl sites for hydroxylation is 1. The second kappa shape index (κ2) is 6.06. The average Bonchev–Trinajstić information content (AvgIpc) is 2.69. The van der Waals surface area contributed by atoms with Gasteiger partial charge in [-0.1, -0.05) is 35.0 Å². The molecule has 0 aliphatic rings. The van der Waals surface area contributed by atoms with Gasteiger partial charge in [0.15, 0.2) is 5.82 Å². The first kappa shape index (κ1) is 13.2. The van der Waals surface area contributed by atoms with E-state index in [0.29, 0.717) is 4.77 Å². The van der Waals surface area contributed by atoms with Crippen LogP contribution >= 0.6 is 28.1 Å². The van der Waals surface area contributed by atoms with Crippen LogP contribution in [0.4, 0.5) is 0 Å². The van der Waals surface area contributed by atoms with Crippen molar-refractivity contribution in [3.05, 3.63) is 44.9 Å². The lowest BCUT2D eigenvalue weighted by Gasteiger charge is -1.98. The molecule has 0 aliphatic heterocycles. The van der Waals surface area contributed by atoms with Crippen molar-refractivity contribution in [1.29, 1.82) is 0 Å². The maximum absolute atomic E-state index is 5.15. The van der Waals surface area contributed by atoms with Crippen LogP contribution in [0.2, 0.25) is 0 Å². The number of aromatic amines is 1. The predicted molar refractivity (Wildman–Crippen MR) is 78.5 cm³/mol. The fourth-order valence-electron chi connectivity index (χ4n) is 1.54. The SMILES string of the molecule is CCCc1n[nH]c(=S)n1/N=C\c1cccc(Br)c1. The number of halogens is 1. The van der Waals surface area contributed by atoms with E-state index in [9.17, 15) is 0 Å². The van der Waals surface area contributed by atoms with Crippen molar-refractivity contribution < 1.29 is 0 Å². The molecule has 18 heavy (non-hydrogen) atoms. The molecule has 1 N–H and O–H groups in total. The van der Waals surface area contributed by atoms with Gasteiger partial charge in [0.05, 0.1) is 6.21 Å². The lowest BCUT2D eigenvalue weighted by molar-refractivity contribution is 0.740. The standard InChI is InChI=1S/C12H13BrN4S/c1-2-4-11-15-16-12(18)17(11)14-8-9-5-3-6-10(13)7-9/h3,5-8H,2,4H2,1H3,(H,16,18)/b14-8-. The number of H-pyrrole nitrogens is 1. The Balaban J connectivity index is 2.28. The Morgan fingerprint density at radius 2 is 2.39 bits per heavy atom. The minimum atomic E-state index is 0.518. The Kier molecular flexibility index (Phi) is 4.43. The lowest BCUT2D eigenvalue weighted by Crippen LogP contribution is -1.98. The van der Waals surface area contributed by atoms with Crippen LogP contribution in [0.25, 0.3) is 0 Å². The molecule has 2 rings (SSSR count). The Morgan fingerprint density at radius 3 is 3.11 bits per heavy atom. The second-order valence-corrected chi connectivity index (χ2v) is 5.11. The van der Waals surface area contributed by atoms with Crippen molar-refractivity contribution in [2.24, 2.45) is 5.10 Å². The van der Waals surface area contributed by atoms with Crippen LogP contribution < -0.4 is 0 Å². The van der Waals surface area contributed by atoms with E-state index in [1.54, 1.807) is 10.9 Å². The third kappa shape index (κ3) is 3.14. The molecule has 0 bridgehead atoms. The monoisotopic (exact) mass is 324 g/mol. The third-order valence-electron chi connectivity index (χ3n) is 2.36. The van der Waals surface area contributed by atoms with Gasteiger partial charge in [0, 0.05) is 10.9 Å².